The highest BCUT2D eigenvalue weighted by Crippen LogP contribution is 2.25. The zero-order valence-electron chi connectivity index (χ0n) is 12.0. The predicted octanol–water partition coefficient (Wildman–Crippen LogP) is 1.98. The molecule has 6 nitrogen and oxygen atoms in total. The number of anilines is 1. The summed E-state index contributed by atoms with van der Waals surface area (Å²) in [7, 11) is 0. The van der Waals surface area contributed by atoms with Gasteiger partial charge in [-0.1, -0.05) is 24.9 Å². The van der Waals surface area contributed by atoms with Crippen LogP contribution in [0.3, 0.4) is 0 Å². The van der Waals surface area contributed by atoms with Gasteiger partial charge in [0.05, 0.1) is 0 Å². The second-order valence-corrected chi connectivity index (χ2v) is 5.29. The van der Waals surface area contributed by atoms with Gasteiger partial charge in [-0.3, -0.25) is 0 Å². The van der Waals surface area contributed by atoms with Crippen molar-refractivity contribution in [3.05, 3.63) is 18.1 Å². The van der Waals surface area contributed by atoms with Gasteiger partial charge in [-0.05, 0) is 25.2 Å². The molecule has 1 aromatic heterocycles. The zero-order chi connectivity index (χ0) is 14.4. The summed E-state index contributed by atoms with van der Waals surface area (Å²) in [5.41, 5.74) is 6.15. The first-order chi connectivity index (χ1) is 9.76. The van der Waals surface area contributed by atoms with Gasteiger partial charge in [0.1, 0.15) is 0 Å². The summed E-state index contributed by atoms with van der Waals surface area (Å²) in [5.74, 6) is 1.54. The molecule has 110 valence electrons. The van der Waals surface area contributed by atoms with Crippen LogP contribution < -0.4 is 10.6 Å². The molecule has 0 bridgehead atoms. The van der Waals surface area contributed by atoms with Gasteiger partial charge >= 0.3 is 0 Å². The molecule has 0 aromatic carbocycles. The maximum atomic E-state index is 8.86. The van der Waals surface area contributed by atoms with E-state index in [-0.39, 0.29) is 5.84 Å². The van der Waals surface area contributed by atoms with E-state index in [4.69, 9.17) is 10.9 Å². The van der Waals surface area contributed by atoms with E-state index < -0.39 is 0 Å². The Balaban J connectivity index is 2.15. The Morgan fingerprint density at radius 2 is 2.20 bits per heavy atom. The minimum Gasteiger partial charge on any atom is -0.409 e. The molecule has 2 rings (SSSR count). The van der Waals surface area contributed by atoms with Crippen molar-refractivity contribution in [1.29, 1.82) is 0 Å². The molecule has 3 N–H and O–H groups in total. The molecule has 1 aliphatic heterocycles. The third-order valence-corrected chi connectivity index (χ3v) is 3.87. The lowest BCUT2D eigenvalue weighted by Gasteiger charge is -2.23. The van der Waals surface area contributed by atoms with Crippen LogP contribution in [0, 0.1) is 5.92 Å². The Hall–Kier alpha value is -1.85. The number of nitrogens with two attached hydrogens (primary N) is 1. The minimum absolute atomic E-state index is 0.0162. The van der Waals surface area contributed by atoms with Gasteiger partial charge in [-0.25, -0.2) is 9.97 Å². The lowest BCUT2D eigenvalue weighted by molar-refractivity contribution is 0.318. The molecule has 0 radical (unpaired) electrons. The molecular weight excluding hydrogens is 254 g/mol. The van der Waals surface area contributed by atoms with Crippen molar-refractivity contribution in [2.24, 2.45) is 16.8 Å². The average molecular weight is 277 g/mol. The lowest BCUT2D eigenvalue weighted by Crippen LogP contribution is -2.29. The van der Waals surface area contributed by atoms with Gasteiger partial charge in [0.25, 0.3) is 0 Å². The zero-order valence-corrected chi connectivity index (χ0v) is 12.0. The molecule has 1 unspecified atom stereocenters. The van der Waals surface area contributed by atoms with E-state index >= 15 is 0 Å². The molecule has 1 saturated heterocycles. The molecule has 20 heavy (non-hydrogen) atoms. The summed E-state index contributed by atoms with van der Waals surface area (Å²) in [5, 5.41) is 11.9. The van der Waals surface area contributed by atoms with Crippen LogP contribution >= 0.6 is 0 Å². The van der Waals surface area contributed by atoms with E-state index in [1.807, 2.05) is 0 Å². The Morgan fingerprint density at radius 1 is 1.40 bits per heavy atom. The first kappa shape index (κ1) is 14.6. The fourth-order valence-electron chi connectivity index (χ4n) is 2.86. The van der Waals surface area contributed by atoms with E-state index in [0.29, 0.717) is 5.69 Å². The Morgan fingerprint density at radius 3 is 2.95 bits per heavy atom. The first-order valence-electron chi connectivity index (χ1n) is 7.30. The lowest BCUT2D eigenvalue weighted by atomic mass is 9.96. The number of aromatic nitrogens is 2. The molecule has 6 heteroatoms. The van der Waals surface area contributed by atoms with Crippen LogP contribution in [-0.2, 0) is 0 Å². The summed E-state index contributed by atoms with van der Waals surface area (Å²) in [6.45, 7) is 4.14. The van der Waals surface area contributed by atoms with Crippen molar-refractivity contribution >= 4 is 11.7 Å². The number of hydrogen-bond donors (Lipinski definition) is 2. The Labute approximate surface area is 119 Å². The summed E-state index contributed by atoms with van der Waals surface area (Å²) in [4.78, 5) is 10.8. The van der Waals surface area contributed by atoms with Gasteiger partial charge < -0.3 is 15.8 Å². The molecule has 1 atom stereocenters. The topological polar surface area (TPSA) is 87.6 Å². The van der Waals surface area contributed by atoms with E-state index in [1.165, 1.54) is 25.7 Å². The van der Waals surface area contributed by atoms with Crippen molar-refractivity contribution in [2.45, 2.75) is 39.0 Å². The van der Waals surface area contributed by atoms with Crippen LogP contribution in [-0.4, -0.2) is 34.1 Å². The number of nitrogens with zero attached hydrogens (tertiary/aromatic N) is 4. The second-order valence-electron chi connectivity index (χ2n) is 5.29. The normalized spacial score (nSPS) is 20.8. The fourth-order valence-corrected chi connectivity index (χ4v) is 2.86. The molecule has 1 aliphatic rings. The third kappa shape index (κ3) is 3.37. The molecule has 0 spiro atoms. The Bertz CT molecular complexity index is 463. The van der Waals surface area contributed by atoms with E-state index in [2.05, 4.69) is 26.9 Å². The van der Waals surface area contributed by atoms with Crippen LogP contribution in [0.1, 0.15) is 44.7 Å². The van der Waals surface area contributed by atoms with E-state index in [9.17, 15) is 0 Å². The van der Waals surface area contributed by atoms with Crippen LogP contribution in [0.5, 0.6) is 0 Å². The highest BCUT2D eigenvalue weighted by molar-refractivity contribution is 5.99. The summed E-state index contributed by atoms with van der Waals surface area (Å²) < 4.78 is 0. The van der Waals surface area contributed by atoms with Crippen molar-refractivity contribution in [3.8, 4) is 0 Å². The third-order valence-electron chi connectivity index (χ3n) is 3.87. The van der Waals surface area contributed by atoms with Gasteiger partial charge in [0.2, 0.25) is 0 Å². The van der Waals surface area contributed by atoms with Crippen LogP contribution in [0.2, 0.25) is 0 Å². The standard InChI is InChI=1S/C14H23N5O/c1-2-4-11-5-3-9-19(10-6-11)14-12(13(15)18-20)16-7-8-17-14/h7-8,11,20H,2-6,9-10H2,1H3,(H2,15,18). The number of rotatable bonds is 4. The summed E-state index contributed by atoms with van der Waals surface area (Å²) in [6, 6.07) is 0. The van der Waals surface area contributed by atoms with Crippen LogP contribution in [0.25, 0.3) is 0 Å². The Kier molecular flexibility index (Phi) is 5.15. The monoisotopic (exact) mass is 277 g/mol. The SMILES string of the molecule is CCCC1CCCN(c2nccnc2C(N)=NO)CC1. The first-order valence-corrected chi connectivity index (χ1v) is 7.30. The molecule has 2 heterocycles. The van der Waals surface area contributed by atoms with Gasteiger partial charge in [-0.2, -0.15) is 0 Å². The summed E-state index contributed by atoms with van der Waals surface area (Å²) >= 11 is 0. The number of oxime groups is 1. The average Bonchev–Trinajstić information content (AvgIpc) is 2.72. The van der Waals surface area contributed by atoms with E-state index in [1.54, 1.807) is 12.4 Å². The van der Waals surface area contributed by atoms with Crippen molar-refractivity contribution < 1.29 is 5.21 Å². The molecule has 0 amide bonds. The van der Waals surface area contributed by atoms with Crippen molar-refractivity contribution in [2.75, 3.05) is 18.0 Å². The van der Waals surface area contributed by atoms with Crippen molar-refractivity contribution in [1.82, 2.24) is 9.97 Å². The van der Waals surface area contributed by atoms with Crippen molar-refractivity contribution in [3.63, 3.8) is 0 Å². The van der Waals surface area contributed by atoms with Crippen LogP contribution in [0.4, 0.5) is 5.82 Å². The summed E-state index contributed by atoms with van der Waals surface area (Å²) in [6.07, 6.45) is 9.33. The quantitative estimate of drug-likeness (QED) is 0.380. The highest BCUT2D eigenvalue weighted by Gasteiger charge is 2.21. The molecule has 1 aromatic rings. The minimum atomic E-state index is 0.0162. The van der Waals surface area contributed by atoms with Gasteiger partial charge in [0, 0.05) is 25.5 Å². The van der Waals surface area contributed by atoms with Gasteiger partial charge in [0.15, 0.2) is 17.3 Å². The smallest absolute Gasteiger partial charge is 0.192 e. The second kappa shape index (κ2) is 7.07. The predicted molar refractivity (Wildman–Crippen MR) is 79.0 cm³/mol. The maximum absolute atomic E-state index is 8.86. The van der Waals surface area contributed by atoms with Crippen LogP contribution in [0.15, 0.2) is 17.5 Å². The number of amidine groups is 1. The largest absolute Gasteiger partial charge is 0.409 e. The molecule has 0 aliphatic carbocycles. The number of hydrogen-bond acceptors (Lipinski definition) is 5. The maximum Gasteiger partial charge on any atom is 0.192 e. The fraction of sp³-hybridized carbons (Fsp3) is 0.643. The molecule has 1 fully saturated rings. The van der Waals surface area contributed by atoms with Gasteiger partial charge in [-0.15, -0.1) is 0 Å². The van der Waals surface area contributed by atoms with E-state index in [0.717, 1.165) is 31.2 Å². The highest BCUT2D eigenvalue weighted by atomic mass is 16.4. The molecule has 0 saturated carbocycles. The molecular formula is C14H23N5O.